The van der Waals surface area contributed by atoms with Gasteiger partial charge in [-0.1, -0.05) is 0 Å². The third kappa shape index (κ3) is 1.38. The first-order valence-electron chi connectivity index (χ1n) is 4.52. The number of carboxylic acids is 1. The smallest absolute Gasteiger partial charge is 0.338 e. The van der Waals surface area contributed by atoms with Crippen molar-refractivity contribution in [3.8, 4) is 0 Å². The molecule has 0 fully saturated rings. The molecule has 0 aliphatic heterocycles. The summed E-state index contributed by atoms with van der Waals surface area (Å²) in [5.41, 5.74) is 2.09. The van der Waals surface area contributed by atoms with Crippen LogP contribution in [0.1, 0.15) is 21.6 Å². The molecule has 0 radical (unpaired) electrons. The van der Waals surface area contributed by atoms with Crippen molar-refractivity contribution >= 4 is 16.9 Å². The van der Waals surface area contributed by atoms with Gasteiger partial charge < -0.3 is 10.1 Å². The summed E-state index contributed by atoms with van der Waals surface area (Å²) in [6.45, 7) is 3.41. The van der Waals surface area contributed by atoms with E-state index in [0.717, 1.165) is 0 Å². The van der Waals surface area contributed by atoms with Crippen molar-refractivity contribution in [2.24, 2.45) is 0 Å². The van der Waals surface area contributed by atoms with E-state index in [1.165, 1.54) is 12.1 Å². The highest BCUT2D eigenvalue weighted by molar-refractivity contribution is 6.05. The first-order valence-corrected chi connectivity index (χ1v) is 4.52. The van der Waals surface area contributed by atoms with Crippen LogP contribution in [0, 0.1) is 19.7 Å². The average molecular weight is 207 g/mol. The van der Waals surface area contributed by atoms with Gasteiger partial charge in [0.25, 0.3) is 0 Å². The molecule has 0 saturated carbocycles. The van der Waals surface area contributed by atoms with E-state index >= 15 is 0 Å². The third-order valence-electron chi connectivity index (χ3n) is 2.47. The molecule has 0 amide bonds. The van der Waals surface area contributed by atoms with Crippen LogP contribution in [0.5, 0.6) is 0 Å². The summed E-state index contributed by atoms with van der Waals surface area (Å²) in [4.78, 5) is 13.9. The Labute approximate surface area is 85.5 Å². The van der Waals surface area contributed by atoms with Gasteiger partial charge in [0.2, 0.25) is 0 Å². The Hall–Kier alpha value is -1.84. The Bertz CT molecular complexity index is 557. The van der Waals surface area contributed by atoms with Crippen molar-refractivity contribution < 1.29 is 14.3 Å². The topological polar surface area (TPSA) is 53.1 Å². The van der Waals surface area contributed by atoms with Crippen LogP contribution in [0.15, 0.2) is 12.1 Å². The van der Waals surface area contributed by atoms with Crippen molar-refractivity contribution in [3.63, 3.8) is 0 Å². The number of benzene rings is 1. The monoisotopic (exact) mass is 207 g/mol. The van der Waals surface area contributed by atoms with Gasteiger partial charge in [-0.15, -0.1) is 0 Å². The average Bonchev–Trinajstić information content (AvgIpc) is 2.41. The predicted molar refractivity (Wildman–Crippen MR) is 54.7 cm³/mol. The zero-order chi connectivity index (χ0) is 11.2. The standard InChI is InChI=1S/C11H10FNO2/c1-5-3-7(12)4-8-9(11(14)15)6(2)13-10(5)8/h3-4,13H,1-2H3,(H,14,15). The van der Waals surface area contributed by atoms with E-state index in [9.17, 15) is 9.18 Å². The molecule has 0 aliphatic carbocycles. The Morgan fingerprint density at radius 1 is 1.40 bits per heavy atom. The number of rotatable bonds is 1. The van der Waals surface area contributed by atoms with E-state index in [2.05, 4.69) is 4.98 Å². The van der Waals surface area contributed by atoms with E-state index < -0.39 is 11.8 Å². The van der Waals surface area contributed by atoms with Gasteiger partial charge in [0, 0.05) is 16.6 Å². The minimum atomic E-state index is -1.04. The number of carbonyl (C=O) groups is 1. The zero-order valence-corrected chi connectivity index (χ0v) is 8.39. The Morgan fingerprint density at radius 3 is 2.67 bits per heavy atom. The summed E-state index contributed by atoms with van der Waals surface area (Å²) in [5, 5.41) is 9.42. The molecule has 0 saturated heterocycles. The quantitative estimate of drug-likeness (QED) is 0.755. The maximum absolute atomic E-state index is 13.1. The number of aromatic amines is 1. The molecular formula is C11H10FNO2. The van der Waals surface area contributed by atoms with E-state index in [0.29, 0.717) is 22.2 Å². The number of carboxylic acid groups (broad SMARTS) is 1. The van der Waals surface area contributed by atoms with E-state index in [-0.39, 0.29) is 5.56 Å². The molecule has 0 spiro atoms. The fourth-order valence-electron chi connectivity index (χ4n) is 1.83. The molecule has 15 heavy (non-hydrogen) atoms. The Morgan fingerprint density at radius 2 is 2.07 bits per heavy atom. The molecule has 1 aromatic carbocycles. The third-order valence-corrected chi connectivity index (χ3v) is 2.47. The molecule has 1 heterocycles. The Balaban J connectivity index is 2.93. The lowest BCUT2D eigenvalue weighted by molar-refractivity contribution is 0.0698. The van der Waals surface area contributed by atoms with Gasteiger partial charge in [-0.05, 0) is 31.5 Å². The molecule has 0 atom stereocenters. The van der Waals surface area contributed by atoms with Crippen LogP contribution in [0.4, 0.5) is 4.39 Å². The molecule has 78 valence electrons. The van der Waals surface area contributed by atoms with Crippen LogP contribution in [0.2, 0.25) is 0 Å². The minimum absolute atomic E-state index is 0.146. The number of H-pyrrole nitrogens is 1. The van der Waals surface area contributed by atoms with Crippen LogP contribution in [0.3, 0.4) is 0 Å². The molecule has 3 nitrogen and oxygen atoms in total. The molecule has 2 aromatic rings. The molecule has 2 N–H and O–H groups in total. The second-order valence-corrected chi connectivity index (χ2v) is 3.58. The van der Waals surface area contributed by atoms with Gasteiger partial charge in [-0.3, -0.25) is 0 Å². The normalized spacial score (nSPS) is 10.9. The second kappa shape index (κ2) is 3.08. The highest BCUT2D eigenvalue weighted by Gasteiger charge is 2.16. The number of halogens is 1. The second-order valence-electron chi connectivity index (χ2n) is 3.58. The SMILES string of the molecule is Cc1[nH]c2c(C)cc(F)cc2c1C(=O)O. The van der Waals surface area contributed by atoms with E-state index in [4.69, 9.17) is 5.11 Å². The molecular weight excluding hydrogens is 197 g/mol. The number of hydrogen-bond acceptors (Lipinski definition) is 1. The van der Waals surface area contributed by atoms with Crippen LogP contribution in [-0.4, -0.2) is 16.1 Å². The maximum atomic E-state index is 13.1. The molecule has 0 aliphatic rings. The van der Waals surface area contributed by atoms with Crippen molar-refractivity contribution in [1.82, 2.24) is 4.98 Å². The molecule has 4 heteroatoms. The zero-order valence-electron chi connectivity index (χ0n) is 8.39. The van der Waals surface area contributed by atoms with Crippen molar-refractivity contribution in [3.05, 3.63) is 34.8 Å². The lowest BCUT2D eigenvalue weighted by Gasteiger charge is -1.97. The molecule has 0 unspecified atom stereocenters. The maximum Gasteiger partial charge on any atom is 0.338 e. The number of aromatic carboxylic acids is 1. The van der Waals surface area contributed by atoms with E-state index in [1.54, 1.807) is 13.8 Å². The van der Waals surface area contributed by atoms with Gasteiger partial charge in [-0.25, -0.2) is 9.18 Å². The van der Waals surface area contributed by atoms with Crippen LogP contribution < -0.4 is 0 Å². The van der Waals surface area contributed by atoms with Crippen LogP contribution >= 0.6 is 0 Å². The minimum Gasteiger partial charge on any atom is -0.478 e. The number of aryl methyl sites for hydroxylation is 2. The number of fused-ring (bicyclic) bond motifs is 1. The number of hydrogen-bond donors (Lipinski definition) is 2. The molecule has 1 aromatic heterocycles. The fraction of sp³-hybridized carbons (Fsp3) is 0.182. The lowest BCUT2D eigenvalue weighted by atomic mass is 10.1. The number of aromatic nitrogens is 1. The van der Waals surface area contributed by atoms with Crippen molar-refractivity contribution in [2.75, 3.05) is 0 Å². The summed E-state index contributed by atoms with van der Waals surface area (Å²) in [6.07, 6.45) is 0. The Kier molecular flexibility index (Phi) is 2.00. The summed E-state index contributed by atoms with van der Waals surface area (Å²) < 4.78 is 13.1. The van der Waals surface area contributed by atoms with Gasteiger partial charge in [0.15, 0.2) is 0 Å². The molecule has 2 rings (SSSR count). The first kappa shape index (κ1) is 9.71. The summed E-state index contributed by atoms with van der Waals surface area (Å²) in [5.74, 6) is -1.45. The van der Waals surface area contributed by atoms with Crippen LogP contribution in [-0.2, 0) is 0 Å². The fourth-order valence-corrected chi connectivity index (χ4v) is 1.83. The lowest BCUT2D eigenvalue weighted by Crippen LogP contribution is -1.97. The van der Waals surface area contributed by atoms with Gasteiger partial charge in [-0.2, -0.15) is 0 Å². The van der Waals surface area contributed by atoms with E-state index in [1.807, 2.05) is 0 Å². The summed E-state index contributed by atoms with van der Waals surface area (Å²) in [7, 11) is 0. The largest absolute Gasteiger partial charge is 0.478 e. The van der Waals surface area contributed by atoms with Crippen molar-refractivity contribution in [2.45, 2.75) is 13.8 Å². The molecule has 0 bridgehead atoms. The summed E-state index contributed by atoms with van der Waals surface area (Å²) >= 11 is 0. The highest BCUT2D eigenvalue weighted by Crippen LogP contribution is 2.25. The number of nitrogens with one attached hydrogen (secondary N) is 1. The van der Waals surface area contributed by atoms with Gasteiger partial charge in [0.05, 0.1) is 5.56 Å². The van der Waals surface area contributed by atoms with Crippen molar-refractivity contribution in [1.29, 1.82) is 0 Å². The van der Waals surface area contributed by atoms with Gasteiger partial charge in [0.1, 0.15) is 5.82 Å². The van der Waals surface area contributed by atoms with Crippen LogP contribution in [0.25, 0.3) is 10.9 Å². The highest BCUT2D eigenvalue weighted by atomic mass is 19.1. The summed E-state index contributed by atoms with van der Waals surface area (Å²) in [6, 6.07) is 2.62. The predicted octanol–water partition coefficient (Wildman–Crippen LogP) is 2.62. The van der Waals surface area contributed by atoms with Gasteiger partial charge >= 0.3 is 5.97 Å². The first-order chi connectivity index (χ1) is 7.00.